The van der Waals surface area contributed by atoms with Gasteiger partial charge in [0.25, 0.3) is 0 Å². The van der Waals surface area contributed by atoms with Crippen molar-refractivity contribution in [3.05, 3.63) is 11.8 Å². The topological polar surface area (TPSA) is 55.8 Å². The quantitative estimate of drug-likeness (QED) is 0.775. The van der Waals surface area contributed by atoms with Crippen LogP contribution in [0.1, 0.15) is 33.6 Å². The first kappa shape index (κ1) is 14.5. The van der Waals surface area contributed by atoms with Crippen molar-refractivity contribution in [2.24, 2.45) is 0 Å². The molecule has 0 aromatic rings. The van der Waals surface area contributed by atoms with Gasteiger partial charge in [-0.05, 0) is 33.6 Å². The van der Waals surface area contributed by atoms with Gasteiger partial charge in [-0.25, -0.2) is 4.79 Å². The van der Waals surface area contributed by atoms with Crippen LogP contribution in [0.3, 0.4) is 0 Å². The second-order valence-electron chi connectivity index (χ2n) is 5.38. The molecule has 18 heavy (non-hydrogen) atoms. The van der Waals surface area contributed by atoms with Gasteiger partial charge in [-0.2, -0.15) is 0 Å². The highest BCUT2D eigenvalue weighted by Crippen LogP contribution is 2.14. The third kappa shape index (κ3) is 4.77. The fourth-order valence-corrected chi connectivity index (χ4v) is 1.49. The minimum atomic E-state index is -0.554. The Morgan fingerprint density at radius 2 is 2.11 bits per heavy atom. The smallest absolute Gasteiger partial charge is 0.410 e. The maximum atomic E-state index is 11.9. The Labute approximate surface area is 108 Å². The number of ether oxygens (including phenoxy) is 2. The summed E-state index contributed by atoms with van der Waals surface area (Å²) in [6, 6.07) is 0. The van der Waals surface area contributed by atoms with Gasteiger partial charge in [0.2, 0.25) is 0 Å². The molecule has 0 unspecified atom stereocenters. The molecule has 0 aromatic heterocycles. The Kier molecular flexibility index (Phi) is 4.76. The normalized spacial score (nSPS) is 15.4. The molecule has 0 bridgehead atoms. The number of carbonyl (C=O) groups is 2. The van der Waals surface area contributed by atoms with Crippen LogP contribution in [0.25, 0.3) is 0 Å². The van der Waals surface area contributed by atoms with Crippen LogP contribution < -0.4 is 0 Å². The molecule has 0 radical (unpaired) electrons. The van der Waals surface area contributed by atoms with E-state index >= 15 is 0 Å². The van der Waals surface area contributed by atoms with E-state index < -0.39 is 11.7 Å². The van der Waals surface area contributed by atoms with Gasteiger partial charge < -0.3 is 14.4 Å². The Bertz CT molecular complexity index is 354. The van der Waals surface area contributed by atoms with Gasteiger partial charge in [0.05, 0.1) is 19.4 Å². The van der Waals surface area contributed by atoms with E-state index in [0.29, 0.717) is 18.6 Å². The predicted octanol–water partition coefficient (Wildman–Crippen LogP) is 2.12. The molecule has 1 amide bonds. The number of ketones is 1. The molecule has 1 aliphatic heterocycles. The molecule has 0 aliphatic carbocycles. The molecular formula is C13H21NO4. The second-order valence-corrected chi connectivity index (χ2v) is 5.38. The molecule has 102 valence electrons. The summed E-state index contributed by atoms with van der Waals surface area (Å²) in [6.45, 7) is 6.04. The van der Waals surface area contributed by atoms with Crippen molar-refractivity contribution < 1.29 is 19.1 Å². The number of rotatable bonds is 3. The molecule has 0 saturated carbocycles. The average molecular weight is 255 g/mol. The van der Waals surface area contributed by atoms with Gasteiger partial charge in [-0.1, -0.05) is 0 Å². The minimum Gasteiger partial charge on any atom is -0.501 e. The van der Waals surface area contributed by atoms with Gasteiger partial charge in [-0.15, -0.1) is 0 Å². The van der Waals surface area contributed by atoms with Crippen molar-refractivity contribution in [2.75, 3.05) is 20.2 Å². The zero-order chi connectivity index (χ0) is 13.8. The second kappa shape index (κ2) is 5.89. The summed E-state index contributed by atoms with van der Waals surface area (Å²) >= 11 is 0. The average Bonchev–Trinajstić information content (AvgIpc) is 2.27. The fourth-order valence-electron chi connectivity index (χ4n) is 1.49. The first-order chi connectivity index (χ1) is 8.29. The molecule has 5 heteroatoms. The molecule has 0 spiro atoms. The van der Waals surface area contributed by atoms with Crippen LogP contribution in [0.5, 0.6) is 0 Å². The number of nitrogens with zero attached hydrogens (tertiary/aromatic N) is 1. The first-order valence-electron chi connectivity index (χ1n) is 6.07. The number of hydrogen-bond acceptors (Lipinski definition) is 4. The van der Waals surface area contributed by atoms with E-state index in [1.165, 1.54) is 11.2 Å². The highest BCUT2D eigenvalue weighted by Gasteiger charge is 2.22. The number of carbonyl (C=O) groups excluding carboxylic acids is 2. The summed E-state index contributed by atoms with van der Waals surface area (Å²) in [7, 11) is 1.55. The maximum Gasteiger partial charge on any atom is 0.410 e. The van der Waals surface area contributed by atoms with Crippen molar-refractivity contribution in [1.82, 2.24) is 4.90 Å². The highest BCUT2D eigenvalue weighted by molar-refractivity contribution is 5.98. The molecule has 0 fully saturated rings. The van der Waals surface area contributed by atoms with Crippen LogP contribution in [0.4, 0.5) is 4.79 Å². The van der Waals surface area contributed by atoms with E-state index in [9.17, 15) is 9.59 Å². The minimum absolute atomic E-state index is 0.0180. The third-order valence-electron chi connectivity index (χ3n) is 2.38. The SMILES string of the molecule is CN(CC(=O)C1=COCCC1)C(=O)OC(C)(C)C. The van der Waals surface area contributed by atoms with E-state index in [0.717, 1.165) is 6.42 Å². The lowest BCUT2D eigenvalue weighted by atomic mass is 10.1. The number of Topliss-reactive ketones (excluding diaryl/α,β-unsaturated/α-hetero) is 1. The molecule has 1 heterocycles. The lowest BCUT2D eigenvalue weighted by Gasteiger charge is -2.24. The summed E-state index contributed by atoms with van der Waals surface area (Å²) in [5.74, 6) is -0.0944. The lowest BCUT2D eigenvalue weighted by molar-refractivity contribution is -0.117. The molecule has 1 rings (SSSR count). The molecular weight excluding hydrogens is 234 g/mol. The Morgan fingerprint density at radius 3 is 2.61 bits per heavy atom. The van der Waals surface area contributed by atoms with Gasteiger partial charge in [-0.3, -0.25) is 4.79 Å². The third-order valence-corrected chi connectivity index (χ3v) is 2.38. The highest BCUT2D eigenvalue weighted by atomic mass is 16.6. The van der Waals surface area contributed by atoms with Crippen molar-refractivity contribution >= 4 is 11.9 Å². The molecule has 5 nitrogen and oxygen atoms in total. The summed E-state index contributed by atoms with van der Waals surface area (Å²) in [4.78, 5) is 24.8. The first-order valence-corrected chi connectivity index (χ1v) is 6.07. The zero-order valence-electron chi connectivity index (χ0n) is 11.5. The summed E-state index contributed by atoms with van der Waals surface area (Å²) in [5, 5.41) is 0. The van der Waals surface area contributed by atoms with Crippen LogP contribution in [-0.4, -0.2) is 42.6 Å². The lowest BCUT2D eigenvalue weighted by Crippen LogP contribution is -2.37. The summed E-state index contributed by atoms with van der Waals surface area (Å²) < 4.78 is 10.3. The molecule has 0 N–H and O–H groups in total. The van der Waals surface area contributed by atoms with Crippen LogP contribution in [-0.2, 0) is 14.3 Å². The Morgan fingerprint density at radius 1 is 1.44 bits per heavy atom. The van der Waals surface area contributed by atoms with E-state index in [2.05, 4.69) is 0 Å². The Balaban J connectivity index is 2.48. The van der Waals surface area contributed by atoms with E-state index in [4.69, 9.17) is 9.47 Å². The monoisotopic (exact) mass is 255 g/mol. The largest absolute Gasteiger partial charge is 0.501 e. The predicted molar refractivity (Wildman–Crippen MR) is 67.1 cm³/mol. The molecule has 1 aliphatic rings. The van der Waals surface area contributed by atoms with E-state index in [1.807, 2.05) is 0 Å². The standard InChI is InChI=1S/C13H21NO4/c1-13(2,3)18-12(16)14(4)8-11(15)10-6-5-7-17-9-10/h9H,5-8H2,1-4H3. The van der Waals surface area contributed by atoms with Gasteiger partial charge in [0.1, 0.15) is 5.60 Å². The molecule has 0 atom stereocenters. The number of amides is 1. The number of hydrogen-bond donors (Lipinski definition) is 0. The molecule has 0 aromatic carbocycles. The fraction of sp³-hybridized carbons (Fsp3) is 0.692. The van der Waals surface area contributed by atoms with Crippen molar-refractivity contribution in [1.29, 1.82) is 0 Å². The van der Waals surface area contributed by atoms with Gasteiger partial charge in [0.15, 0.2) is 5.78 Å². The van der Waals surface area contributed by atoms with E-state index in [1.54, 1.807) is 27.8 Å². The summed E-state index contributed by atoms with van der Waals surface area (Å²) in [5.41, 5.74) is 0.0818. The molecule has 0 saturated heterocycles. The maximum absolute atomic E-state index is 11.9. The Hall–Kier alpha value is -1.52. The van der Waals surface area contributed by atoms with Crippen LogP contribution in [0.15, 0.2) is 11.8 Å². The van der Waals surface area contributed by atoms with Gasteiger partial charge in [0, 0.05) is 12.6 Å². The summed E-state index contributed by atoms with van der Waals surface area (Å²) in [6.07, 6.45) is 2.55. The van der Waals surface area contributed by atoms with Crippen molar-refractivity contribution in [3.8, 4) is 0 Å². The number of likely N-dealkylation sites (N-methyl/N-ethyl adjacent to an activating group) is 1. The van der Waals surface area contributed by atoms with E-state index in [-0.39, 0.29) is 12.3 Å². The zero-order valence-corrected chi connectivity index (χ0v) is 11.5. The van der Waals surface area contributed by atoms with Crippen LogP contribution >= 0.6 is 0 Å². The van der Waals surface area contributed by atoms with Crippen molar-refractivity contribution in [3.63, 3.8) is 0 Å². The van der Waals surface area contributed by atoms with Crippen molar-refractivity contribution in [2.45, 2.75) is 39.2 Å². The van der Waals surface area contributed by atoms with Crippen LogP contribution in [0, 0.1) is 0 Å². The van der Waals surface area contributed by atoms with Crippen LogP contribution in [0.2, 0.25) is 0 Å². The van der Waals surface area contributed by atoms with Gasteiger partial charge >= 0.3 is 6.09 Å².